The lowest BCUT2D eigenvalue weighted by Crippen LogP contribution is -2.35. The highest BCUT2D eigenvalue weighted by atomic mass is 16.5. The van der Waals surface area contributed by atoms with E-state index >= 15 is 0 Å². The summed E-state index contributed by atoms with van der Waals surface area (Å²) in [5, 5.41) is 9.37. The Balaban J connectivity index is 1.87. The molecular formula is C27H36N2O2. The van der Waals surface area contributed by atoms with Gasteiger partial charge in [0.05, 0.1) is 11.8 Å². The molecule has 1 heterocycles. The van der Waals surface area contributed by atoms with Crippen LogP contribution in [-0.4, -0.2) is 11.0 Å². The summed E-state index contributed by atoms with van der Waals surface area (Å²) in [6.07, 6.45) is 12.2. The zero-order valence-corrected chi connectivity index (χ0v) is 19.5. The Morgan fingerprint density at radius 2 is 1.68 bits per heavy atom. The van der Waals surface area contributed by atoms with Crippen molar-refractivity contribution >= 4 is 5.97 Å². The van der Waals surface area contributed by atoms with E-state index in [1.165, 1.54) is 50.5 Å². The van der Waals surface area contributed by atoms with Gasteiger partial charge in [0.1, 0.15) is 5.75 Å². The molecule has 0 fully saturated rings. The number of nitrogens with zero attached hydrogens (tertiary/aromatic N) is 2. The van der Waals surface area contributed by atoms with E-state index < -0.39 is 11.4 Å². The number of hydrogen-bond acceptors (Lipinski definition) is 4. The number of nitriles is 1. The lowest BCUT2D eigenvalue weighted by atomic mass is 9.81. The summed E-state index contributed by atoms with van der Waals surface area (Å²) in [6, 6.07) is 13.6. The van der Waals surface area contributed by atoms with Crippen LogP contribution < -0.4 is 4.74 Å². The van der Waals surface area contributed by atoms with E-state index in [1.54, 1.807) is 19.1 Å². The predicted molar refractivity (Wildman–Crippen MR) is 126 cm³/mol. The number of rotatable bonds is 12. The molecule has 2 aromatic rings. The Morgan fingerprint density at radius 3 is 2.23 bits per heavy atom. The maximum atomic E-state index is 12.4. The first-order valence-electron chi connectivity index (χ1n) is 11.6. The summed E-state index contributed by atoms with van der Waals surface area (Å²) in [4.78, 5) is 17.0. The maximum absolute atomic E-state index is 12.4. The van der Waals surface area contributed by atoms with E-state index in [4.69, 9.17) is 4.74 Å². The molecule has 0 radical (unpaired) electrons. The van der Waals surface area contributed by atoms with Crippen molar-refractivity contribution in [2.45, 2.75) is 79.1 Å². The van der Waals surface area contributed by atoms with Crippen molar-refractivity contribution in [2.24, 2.45) is 11.3 Å². The third kappa shape index (κ3) is 7.21. The van der Waals surface area contributed by atoms with E-state index in [1.807, 2.05) is 38.2 Å². The minimum atomic E-state index is -1.16. The van der Waals surface area contributed by atoms with Gasteiger partial charge in [-0.15, -0.1) is 0 Å². The standard InChI is InChI=1S/C27H36N2O2/c1-5-6-7-8-9-10-11-12-22-13-18-25(29-19-22)23-14-16-24(17-15-23)31-26(30)27(4,20-28)21(2)3/h13-19,21H,5-12H2,1-4H3. The van der Waals surface area contributed by atoms with Crippen LogP contribution >= 0.6 is 0 Å². The molecule has 0 spiro atoms. The zero-order chi connectivity index (χ0) is 22.7. The van der Waals surface area contributed by atoms with Crippen molar-refractivity contribution in [3.63, 3.8) is 0 Å². The molecule has 0 aliphatic heterocycles. The summed E-state index contributed by atoms with van der Waals surface area (Å²) < 4.78 is 5.45. The molecule has 1 atom stereocenters. The Labute approximate surface area is 187 Å². The van der Waals surface area contributed by atoms with Crippen LogP contribution in [0.25, 0.3) is 11.3 Å². The molecule has 2 rings (SSSR count). The van der Waals surface area contributed by atoms with Gasteiger partial charge in [0, 0.05) is 11.8 Å². The SMILES string of the molecule is CCCCCCCCCc1ccc(-c2ccc(OC(=O)C(C)(C#N)C(C)C)cc2)nc1. The molecule has 0 amide bonds. The van der Waals surface area contributed by atoms with Crippen molar-refractivity contribution in [1.29, 1.82) is 5.26 Å². The summed E-state index contributed by atoms with van der Waals surface area (Å²) in [5.74, 6) is -0.218. The van der Waals surface area contributed by atoms with Gasteiger partial charge >= 0.3 is 5.97 Å². The van der Waals surface area contributed by atoms with Crippen LogP contribution in [0.1, 0.15) is 78.2 Å². The molecule has 0 saturated heterocycles. The number of unbranched alkanes of at least 4 members (excludes halogenated alkanes) is 6. The number of aromatic nitrogens is 1. The van der Waals surface area contributed by atoms with Crippen LogP contribution in [0, 0.1) is 22.7 Å². The first-order chi connectivity index (χ1) is 14.9. The van der Waals surface area contributed by atoms with Crippen LogP contribution in [0.3, 0.4) is 0 Å². The van der Waals surface area contributed by atoms with Crippen LogP contribution in [0.15, 0.2) is 42.6 Å². The fraction of sp³-hybridized carbons (Fsp3) is 0.519. The van der Waals surface area contributed by atoms with Gasteiger partial charge in [-0.05, 0) is 61.6 Å². The second-order valence-corrected chi connectivity index (χ2v) is 8.81. The first-order valence-corrected chi connectivity index (χ1v) is 11.6. The van der Waals surface area contributed by atoms with E-state index in [-0.39, 0.29) is 5.92 Å². The molecule has 166 valence electrons. The van der Waals surface area contributed by atoms with Gasteiger partial charge in [-0.2, -0.15) is 5.26 Å². The monoisotopic (exact) mass is 420 g/mol. The Morgan fingerprint density at radius 1 is 1.03 bits per heavy atom. The van der Waals surface area contributed by atoms with E-state index in [9.17, 15) is 10.1 Å². The highest BCUT2D eigenvalue weighted by Gasteiger charge is 2.39. The summed E-state index contributed by atoms with van der Waals surface area (Å²) in [7, 11) is 0. The molecule has 4 heteroatoms. The highest BCUT2D eigenvalue weighted by Crippen LogP contribution is 2.29. The Bertz CT molecular complexity index is 850. The fourth-order valence-corrected chi connectivity index (χ4v) is 3.35. The number of pyridine rings is 1. The highest BCUT2D eigenvalue weighted by molar-refractivity contribution is 5.82. The minimum Gasteiger partial charge on any atom is -0.425 e. The third-order valence-corrected chi connectivity index (χ3v) is 6.07. The number of carbonyl (C=O) groups excluding carboxylic acids is 1. The molecule has 0 aliphatic carbocycles. The van der Waals surface area contributed by atoms with Gasteiger partial charge in [0.25, 0.3) is 0 Å². The van der Waals surface area contributed by atoms with E-state index in [0.717, 1.165) is 17.7 Å². The average Bonchev–Trinajstić information content (AvgIpc) is 2.78. The van der Waals surface area contributed by atoms with Crippen LogP contribution in [0.4, 0.5) is 0 Å². The van der Waals surface area contributed by atoms with Crippen LogP contribution in [-0.2, 0) is 11.2 Å². The molecule has 0 N–H and O–H groups in total. The molecule has 1 unspecified atom stereocenters. The van der Waals surface area contributed by atoms with Gasteiger partial charge in [0.15, 0.2) is 5.41 Å². The first kappa shape index (κ1) is 24.6. The molecule has 0 bridgehead atoms. The second kappa shape index (κ2) is 12.2. The summed E-state index contributed by atoms with van der Waals surface area (Å²) in [6.45, 7) is 7.55. The minimum absolute atomic E-state index is 0.131. The van der Waals surface area contributed by atoms with Gasteiger partial charge in [0.2, 0.25) is 0 Å². The predicted octanol–water partition coefficient (Wildman–Crippen LogP) is 7.13. The van der Waals surface area contributed by atoms with Gasteiger partial charge < -0.3 is 4.74 Å². The Hall–Kier alpha value is -2.67. The third-order valence-electron chi connectivity index (χ3n) is 6.07. The lowest BCUT2D eigenvalue weighted by molar-refractivity contribution is -0.143. The number of esters is 1. The van der Waals surface area contributed by atoms with Crippen molar-refractivity contribution in [1.82, 2.24) is 4.98 Å². The zero-order valence-electron chi connectivity index (χ0n) is 19.5. The molecule has 0 saturated carbocycles. The molecule has 31 heavy (non-hydrogen) atoms. The Kier molecular flexibility index (Phi) is 9.72. The average molecular weight is 421 g/mol. The molecular weight excluding hydrogens is 384 g/mol. The van der Waals surface area contributed by atoms with Crippen molar-refractivity contribution in [3.8, 4) is 23.1 Å². The summed E-state index contributed by atoms with van der Waals surface area (Å²) >= 11 is 0. The van der Waals surface area contributed by atoms with E-state index in [0.29, 0.717) is 5.75 Å². The van der Waals surface area contributed by atoms with Gasteiger partial charge in [-0.1, -0.05) is 65.4 Å². The molecule has 1 aromatic heterocycles. The van der Waals surface area contributed by atoms with Crippen molar-refractivity contribution in [3.05, 3.63) is 48.2 Å². The number of aryl methyl sites for hydroxylation is 1. The molecule has 1 aromatic carbocycles. The van der Waals surface area contributed by atoms with Gasteiger partial charge in [-0.25, -0.2) is 4.79 Å². The van der Waals surface area contributed by atoms with Crippen molar-refractivity contribution in [2.75, 3.05) is 0 Å². The maximum Gasteiger partial charge on any atom is 0.331 e. The second-order valence-electron chi connectivity index (χ2n) is 8.81. The van der Waals surface area contributed by atoms with Crippen molar-refractivity contribution < 1.29 is 9.53 Å². The normalized spacial score (nSPS) is 12.9. The fourth-order valence-electron chi connectivity index (χ4n) is 3.35. The largest absolute Gasteiger partial charge is 0.425 e. The van der Waals surface area contributed by atoms with Gasteiger partial charge in [-0.3, -0.25) is 4.98 Å². The molecule has 0 aliphatic rings. The molecule has 4 nitrogen and oxygen atoms in total. The lowest BCUT2D eigenvalue weighted by Gasteiger charge is -2.23. The smallest absolute Gasteiger partial charge is 0.331 e. The quantitative estimate of drug-likeness (QED) is 0.208. The number of benzene rings is 1. The topological polar surface area (TPSA) is 63.0 Å². The van der Waals surface area contributed by atoms with Crippen LogP contribution in [0.5, 0.6) is 5.75 Å². The number of ether oxygens (including phenoxy) is 1. The number of hydrogen-bond donors (Lipinski definition) is 0. The summed E-state index contributed by atoms with van der Waals surface area (Å²) in [5.41, 5.74) is 1.97. The van der Waals surface area contributed by atoms with E-state index in [2.05, 4.69) is 24.0 Å². The van der Waals surface area contributed by atoms with Crippen LogP contribution in [0.2, 0.25) is 0 Å². The number of carbonyl (C=O) groups is 1.